The Balaban J connectivity index is 1.20. The van der Waals surface area contributed by atoms with Crippen LogP contribution in [-0.2, 0) is 6.42 Å². The molecule has 1 aliphatic rings. The van der Waals surface area contributed by atoms with Crippen LogP contribution >= 0.6 is 0 Å². The molecule has 0 bridgehead atoms. The minimum Gasteiger partial charge on any atom is -0.334 e. The largest absolute Gasteiger partial charge is 0.334 e. The van der Waals surface area contributed by atoms with Crippen molar-refractivity contribution in [2.45, 2.75) is 46.6 Å². The maximum Gasteiger partial charge on any atom is 0.0560 e. The van der Waals surface area contributed by atoms with E-state index in [1.54, 1.807) is 0 Å². The zero-order valence-corrected chi connectivity index (χ0v) is 25.7. The van der Waals surface area contributed by atoms with Crippen molar-refractivity contribution in [2.75, 3.05) is 9.80 Å². The minimum atomic E-state index is 0.272. The number of hydrogen-bond acceptors (Lipinski definition) is 2. The molecule has 0 saturated carbocycles. The highest BCUT2D eigenvalue weighted by Gasteiger charge is 2.20. The van der Waals surface area contributed by atoms with Crippen LogP contribution in [0.1, 0.15) is 34.2 Å². The van der Waals surface area contributed by atoms with Crippen molar-refractivity contribution >= 4 is 28.4 Å². The summed E-state index contributed by atoms with van der Waals surface area (Å²) in [7, 11) is 0. The summed E-state index contributed by atoms with van der Waals surface area (Å²) in [6, 6.07) is 44.6. The highest BCUT2D eigenvalue weighted by atomic mass is 15.2. The summed E-state index contributed by atoms with van der Waals surface area (Å²) >= 11 is 0. The molecule has 5 aromatic rings. The van der Waals surface area contributed by atoms with E-state index < -0.39 is 0 Å². The molecule has 43 heavy (non-hydrogen) atoms. The molecule has 0 aliphatic heterocycles. The lowest BCUT2D eigenvalue weighted by Gasteiger charge is -2.33. The Morgan fingerprint density at radius 3 is 1.23 bits per heavy atom. The summed E-state index contributed by atoms with van der Waals surface area (Å²) in [6.07, 6.45) is 9.01. The van der Waals surface area contributed by atoms with Gasteiger partial charge in [0, 0.05) is 28.4 Å². The van der Waals surface area contributed by atoms with Gasteiger partial charge in [0.15, 0.2) is 0 Å². The van der Waals surface area contributed by atoms with Crippen molar-refractivity contribution in [1.29, 1.82) is 0 Å². The lowest BCUT2D eigenvalue weighted by Crippen LogP contribution is -2.30. The third-order valence-corrected chi connectivity index (χ3v) is 8.30. The first kappa shape index (κ1) is 28.3. The van der Waals surface area contributed by atoms with Gasteiger partial charge in [-0.1, -0.05) is 101 Å². The topological polar surface area (TPSA) is 6.48 Å². The molecule has 214 valence electrons. The Bertz CT molecular complexity index is 1620. The lowest BCUT2D eigenvalue weighted by molar-refractivity contribution is 0.776. The Kier molecular flexibility index (Phi) is 8.29. The summed E-state index contributed by atoms with van der Waals surface area (Å²) < 4.78 is 0. The van der Waals surface area contributed by atoms with E-state index in [9.17, 15) is 0 Å². The van der Waals surface area contributed by atoms with Crippen molar-refractivity contribution in [3.05, 3.63) is 173 Å². The van der Waals surface area contributed by atoms with Crippen molar-refractivity contribution in [2.24, 2.45) is 0 Å². The van der Waals surface area contributed by atoms with Gasteiger partial charge in [-0.3, -0.25) is 0 Å². The standard InChI is InChI=1S/C41H40N2/c1-30-5-17-36(18-6-30)42(37-19-7-31(2)8-20-37)40-25-13-34(14-26-40)29-35-15-27-41(28-16-35)43(38-21-9-32(3)10-22-38)39-23-11-33(4)12-24-39/h5-27,41H,28-29H2,1-4H3. The highest BCUT2D eigenvalue weighted by Crippen LogP contribution is 2.36. The average molecular weight is 561 g/mol. The second kappa shape index (κ2) is 12.6. The zero-order chi connectivity index (χ0) is 29.8. The molecule has 2 heteroatoms. The van der Waals surface area contributed by atoms with Crippen LogP contribution in [0, 0.1) is 27.7 Å². The van der Waals surface area contributed by atoms with E-state index in [1.807, 2.05) is 0 Å². The number of benzene rings is 5. The fourth-order valence-corrected chi connectivity index (χ4v) is 5.75. The average Bonchev–Trinajstić information content (AvgIpc) is 3.03. The molecule has 5 aromatic carbocycles. The Morgan fingerprint density at radius 2 is 0.860 bits per heavy atom. The monoisotopic (exact) mass is 560 g/mol. The van der Waals surface area contributed by atoms with Crippen LogP contribution in [0.3, 0.4) is 0 Å². The number of allylic oxidation sites excluding steroid dienone is 2. The minimum absolute atomic E-state index is 0.272. The van der Waals surface area contributed by atoms with Crippen molar-refractivity contribution in [1.82, 2.24) is 0 Å². The molecule has 2 nitrogen and oxygen atoms in total. The van der Waals surface area contributed by atoms with Crippen molar-refractivity contribution in [3.63, 3.8) is 0 Å². The van der Waals surface area contributed by atoms with E-state index in [4.69, 9.17) is 0 Å². The molecule has 0 heterocycles. The van der Waals surface area contributed by atoms with E-state index in [1.165, 1.54) is 44.8 Å². The van der Waals surface area contributed by atoms with Gasteiger partial charge in [0.1, 0.15) is 0 Å². The molecule has 1 aliphatic carbocycles. The van der Waals surface area contributed by atoms with Crippen LogP contribution in [0.25, 0.3) is 0 Å². The van der Waals surface area contributed by atoms with Crippen molar-refractivity contribution < 1.29 is 0 Å². The third-order valence-electron chi connectivity index (χ3n) is 8.30. The molecule has 0 N–H and O–H groups in total. The van der Waals surface area contributed by atoms with E-state index in [-0.39, 0.29) is 6.04 Å². The fraction of sp³-hybridized carbons (Fsp3) is 0.171. The first-order chi connectivity index (χ1) is 20.9. The van der Waals surface area contributed by atoms with Crippen LogP contribution in [0.4, 0.5) is 28.4 Å². The number of aryl methyl sites for hydroxylation is 4. The Hall–Kier alpha value is -4.82. The molecule has 0 saturated heterocycles. The second-order valence-corrected chi connectivity index (χ2v) is 11.8. The normalized spacial score (nSPS) is 14.3. The molecule has 0 aromatic heterocycles. The predicted octanol–water partition coefficient (Wildman–Crippen LogP) is 11.0. The third kappa shape index (κ3) is 6.65. The van der Waals surface area contributed by atoms with Crippen LogP contribution < -0.4 is 9.80 Å². The zero-order valence-electron chi connectivity index (χ0n) is 25.7. The molecule has 6 rings (SSSR count). The summed E-state index contributed by atoms with van der Waals surface area (Å²) in [6.45, 7) is 8.55. The molecule has 1 unspecified atom stereocenters. The van der Waals surface area contributed by atoms with E-state index in [0.29, 0.717) is 0 Å². The molecule has 0 spiro atoms. The fourth-order valence-electron chi connectivity index (χ4n) is 5.75. The van der Waals surface area contributed by atoms with Gasteiger partial charge in [-0.15, -0.1) is 0 Å². The molecule has 0 fully saturated rings. The lowest BCUT2D eigenvalue weighted by atomic mass is 9.95. The summed E-state index contributed by atoms with van der Waals surface area (Å²) in [5.74, 6) is 0. The molecular formula is C41H40N2. The SMILES string of the molecule is Cc1ccc(N(c2ccc(C)cc2)c2ccc(CC3=CCC(N(c4ccc(C)cc4)c4ccc(C)cc4)C=C3)cc2)cc1. The van der Waals surface area contributed by atoms with Crippen LogP contribution in [0.2, 0.25) is 0 Å². The summed E-state index contributed by atoms with van der Waals surface area (Å²) in [5.41, 5.74) is 13.7. The summed E-state index contributed by atoms with van der Waals surface area (Å²) in [4.78, 5) is 4.79. The van der Waals surface area contributed by atoms with E-state index >= 15 is 0 Å². The first-order valence-electron chi connectivity index (χ1n) is 15.3. The number of nitrogens with zero attached hydrogens (tertiary/aromatic N) is 2. The quantitative estimate of drug-likeness (QED) is 0.186. The second-order valence-electron chi connectivity index (χ2n) is 11.8. The van der Waals surface area contributed by atoms with Gasteiger partial charge in [-0.25, -0.2) is 0 Å². The number of hydrogen-bond donors (Lipinski definition) is 0. The maximum atomic E-state index is 2.46. The van der Waals surface area contributed by atoms with Gasteiger partial charge in [-0.2, -0.15) is 0 Å². The smallest absolute Gasteiger partial charge is 0.0560 e. The highest BCUT2D eigenvalue weighted by molar-refractivity contribution is 5.76. The number of anilines is 5. The van der Waals surface area contributed by atoms with Gasteiger partial charge in [0.2, 0.25) is 0 Å². The Labute approximate surface area is 257 Å². The van der Waals surface area contributed by atoms with Gasteiger partial charge in [0.05, 0.1) is 6.04 Å². The predicted molar refractivity (Wildman–Crippen MR) is 184 cm³/mol. The van der Waals surface area contributed by atoms with Crippen LogP contribution in [-0.4, -0.2) is 6.04 Å². The molecule has 0 radical (unpaired) electrons. The molecule has 0 amide bonds. The van der Waals surface area contributed by atoms with Crippen LogP contribution in [0.15, 0.2) is 145 Å². The van der Waals surface area contributed by atoms with Gasteiger partial charge >= 0.3 is 0 Å². The van der Waals surface area contributed by atoms with Crippen molar-refractivity contribution in [3.8, 4) is 0 Å². The molecular weight excluding hydrogens is 520 g/mol. The van der Waals surface area contributed by atoms with Gasteiger partial charge < -0.3 is 9.80 Å². The first-order valence-corrected chi connectivity index (χ1v) is 15.3. The number of rotatable bonds is 8. The van der Waals surface area contributed by atoms with Gasteiger partial charge in [0.25, 0.3) is 0 Å². The summed E-state index contributed by atoms with van der Waals surface area (Å²) in [5, 5.41) is 0. The van der Waals surface area contributed by atoms with E-state index in [2.05, 4.69) is 177 Å². The van der Waals surface area contributed by atoms with Crippen LogP contribution in [0.5, 0.6) is 0 Å². The Morgan fingerprint density at radius 1 is 0.488 bits per heavy atom. The maximum absolute atomic E-state index is 2.46. The van der Waals surface area contributed by atoms with E-state index in [0.717, 1.165) is 29.9 Å². The molecule has 1 atom stereocenters. The van der Waals surface area contributed by atoms with Gasteiger partial charge in [-0.05, 0) is 112 Å².